The van der Waals surface area contributed by atoms with Crippen molar-refractivity contribution in [2.45, 2.75) is 12.8 Å². The molecule has 0 saturated carbocycles. The van der Waals surface area contributed by atoms with Crippen LogP contribution in [-0.4, -0.2) is 6.79 Å². The molecule has 1 heterocycles. The van der Waals surface area contributed by atoms with Crippen LogP contribution in [0.2, 0.25) is 0 Å². The summed E-state index contributed by atoms with van der Waals surface area (Å²) in [6.45, 7) is 3.96. The fraction of sp³-hybridized carbons (Fsp3) is 0.250. The van der Waals surface area contributed by atoms with Gasteiger partial charge in [0.05, 0.1) is 12.5 Å². The van der Waals surface area contributed by atoms with E-state index in [0.29, 0.717) is 6.42 Å². The third kappa shape index (κ3) is 1.79. The number of nitriles is 1. The van der Waals surface area contributed by atoms with Gasteiger partial charge in [0.1, 0.15) is 0 Å². The van der Waals surface area contributed by atoms with Gasteiger partial charge in [0.15, 0.2) is 11.5 Å². The second kappa shape index (κ2) is 4.05. The lowest BCUT2D eigenvalue weighted by Gasteiger charge is -2.06. The van der Waals surface area contributed by atoms with Crippen molar-refractivity contribution in [3.63, 3.8) is 0 Å². The first-order valence-corrected chi connectivity index (χ1v) is 4.74. The van der Waals surface area contributed by atoms with Gasteiger partial charge in [-0.2, -0.15) is 5.26 Å². The van der Waals surface area contributed by atoms with Crippen LogP contribution < -0.4 is 9.47 Å². The minimum Gasteiger partial charge on any atom is -0.454 e. The summed E-state index contributed by atoms with van der Waals surface area (Å²) in [5.41, 5.74) is 2.07. The number of rotatable bonds is 3. The van der Waals surface area contributed by atoms with Crippen molar-refractivity contribution in [3.05, 3.63) is 35.9 Å². The maximum absolute atomic E-state index is 8.71. The second-order valence-corrected chi connectivity index (χ2v) is 3.30. The van der Waals surface area contributed by atoms with Crippen LogP contribution >= 0.6 is 0 Å². The van der Waals surface area contributed by atoms with Crippen LogP contribution in [0.1, 0.15) is 11.1 Å². The molecule has 0 spiro atoms. The summed E-state index contributed by atoms with van der Waals surface area (Å²) < 4.78 is 10.5. The van der Waals surface area contributed by atoms with E-state index < -0.39 is 0 Å². The molecule has 0 N–H and O–H groups in total. The maximum Gasteiger partial charge on any atom is 0.231 e. The number of allylic oxidation sites excluding steroid dienone is 1. The van der Waals surface area contributed by atoms with Gasteiger partial charge in [-0.25, -0.2) is 0 Å². The predicted molar refractivity (Wildman–Crippen MR) is 55.8 cm³/mol. The van der Waals surface area contributed by atoms with Crippen molar-refractivity contribution in [2.24, 2.45) is 0 Å². The molecule has 0 amide bonds. The highest BCUT2D eigenvalue weighted by atomic mass is 16.7. The first kappa shape index (κ1) is 9.60. The van der Waals surface area contributed by atoms with Crippen molar-refractivity contribution < 1.29 is 9.47 Å². The molecule has 1 aliphatic rings. The summed E-state index contributed by atoms with van der Waals surface area (Å²) in [7, 11) is 0. The van der Waals surface area contributed by atoms with E-state index in [1.165, 1.54) is 0 Å². The highest BCUT2D eigenvalue weighted by Gasteiger charge is 2.16. The number of hydrogen-bond acceptors (Lipinski definition) is 3. The van der Waals surface area contributed by atoms with Gasteiger partial charge in [0.25, 0.3) is 0 Å². The summed E-state index contributed by atoms with van der Waals surface area (Å²) in [6, 6.07) is 5.95. The van der Waals surface area contributed by atoms with Crippen molar-refractivity contribution in [1.82, 2.24) is 0 Å². The number of nitrogens with zero attached hydrogens (tertiary/aromatic N) is 1. The van der Waals surface area contributed by atoms with Crippen LogP contribution in [0, 0.1) is 11.3 Å². The average molecular weight is 201 g/mol. The van der Waals surface area contributed by atoms with E-state index >= 15 is 0 Å². The molecule has 1 aromatic carbocycles. The highest BCUT2D eigenvalue weighted by Crippen LogP contribution is 2.35. The van der Waals surface area contributed by atoms with Crippen LogP contribution in [0.4, 0.5) is 0 Å². The molecule has 0 aromatic heterocycles. The lowest BCUT2D eigenvalue weighted by molar-refractivity contribution is 0.174. The largest absolute Gasteiger partial charge is 0.454 e. The standard InChI is InChI=1S/C12H11NO2/c1-2-3-9-6-11-12(15-8-14-11)7-10(9)4-5-13/h2,6-7H,1,3-4,8H2. The predicted octanol–water partition coefficient (Wildman–Crippen LogP) is 2.21. The molecule has 0 radical (unpaired) electrons. The Morgan fingerprint density at radius 3 is 2.60 bits per heavy atom. The van der Waals surface area contributed by atoms with Crippen molar-refractivity contribution in [2.75, 3.05) is 6.79 Å². The van der Waals surface area contributed by atoms with E-state index in [4.69, 9.17) is 14.7 Å². The van der Waals surface area contributed by atoms with Gasteiger partial charge in [0.2, 0.25) is 6.79 Å². The Morgan fingerprint density at radius 1 is 1.33 bits per heavy atom. The first-order valence-electron chi connectivity index (χ1n) is 4.74. The lowest BCUT2D eigenvalue weighted by Crippen LogP contribution is -1.92. The first-order chi connectivity index (χ1) is 7.35. The lowest BCUT2D eigenvalue weighted by atomic mass is 10.0. The van der Waals surface area contributed by atoms with Crippen LogP contribution in [0.25, 0.3) is 0 Å². The monoisotopic (exact) mass is 201 g/mol. The maximum atomic E-state index is 8.71. The summed E-state index contributed by atoms with van der Waals surface area (Å²) >= 11 is 0. The molecule has 3 heteroatoms. The van der Waals surface area contributed by atoms with Gasteiger partial charge in [-0.05, 0) is 29.7 Å². The van der Waals surface area contributed by atoms with E-state index in [0.717, 1.165) is 29.0 Å². The van der Waals surface area contributed by atoms with Crippen LogP contribution in [0.3, 0.4) is 0 Å². The van der Waals surface area contributed by atoms with Crippen molar-refractivity contribution in [3.8, 4) is 17.6 Å². The normalized spacial score (nSPS) is 12.2. The Bertz CT molecular complexity index is 432. The van der Waals surface area contributed by atoms with Gasteiger partial charge in [-0.15, -0.1) is 6.58 Å². The molecule has 1 aliphatic heterocycles. The molecular formula is C12H11NO2. The Kier molecular flexibility index (Phi) is 2.59. The van der Waals surface area contributed by atoms with E-state index in [1.807, 2.05) is 18.2 Å². The second-order valence-electron chi connectivity index (χ2n) is 3.30. The fourth-order valence-electron chi connectivity index (χ4n) is 1.62. The van der Waals surface area contributed by atoms with Gasteiger partial charge >= 0.3 is 0 Å². The molecule has 76 valence electrons. The fourth-order valence-corrected chi connectivity index (χ4v) is 1.62. The van der Waals surface area contributed by atoms with Crippen molar-refractivity contribution in [1.29, 1.82) is 5.26 Å². The van der Waals surface area contributed by atoms with Gasteiger partial charge in [0, 0.05) is 0 Å². The Morgan fingerprint density at radius 2 is 2.00 bits per heavy atom. The quantitative estimate of drug-likeness (QED) is 0.704. The number of ether oxygens (including phenoxy) is 2. The third-order valence-corrected chi connectivity index (χ3v) is 2.33. The van der Waals surface area contributed by atoms with E-state index in [9.17, 15) is 0 Å². The molecule has 1 aromatic rings. The molecule has 0 bridgehead atoms. The Hall–Kier alpha value is -1.95. The minimum atomic E-state index is 0.263. The Labute approximate surface area is 88.5 Å². The summed E-state index contributed by atoms with van der Waals surface area (Å²) in [6.07, 6.45) is 2.95. The average Bonchev–Trinajstić information content (AvgIpc) is 2.66. The number of hydrogen-bond donors (Lipinski definition) is 0. The molecule has 0 atom stereocenters. The molecule has 0 aliphatic carbocycles. The molecule has 0 saturated heterocycles. The zero-order chi connectivity index (χ0) is 10.7. The van der Waals surface area contributed by atoms with Gasteiger partial charge < -0.3 is 9.47 Å². The number of benzene rings is 1. The smallest absolute Gasteiger partial charge is 0.231 e. The van der Waals surface area contributed by atoms with Gasteiger partial charge in [-0.1, -0.05) is 6.08 Å². The molecule has 0 unspecified atom stereocenters. The van der Waals surface area contributed by atoms with Crippen LogP contribution in [0.15, 0.2) is 24.8 Å². The SMILES string of the molecule is C=CCc1cc2c(cc1CC#N)OCO2. The molecule has 3 nitrogen and oxygen atoms in total. The molecule has 15 heavy (non-hydrogen) atoms. The zero-order valence-electron chi connectivity index (χ0n) is 8.32. The van der Waals surface area contributed by atoms with Gasteiger partial charge in [-0.3, -0.25) is 0 Å². The highest BCUT2D eigenvalue weighted by molar-refractivity contribution is 5.49. The van der Waals surface area contributed by atoms with Crippen molar-refractivity contribution >= 4 is 0 Å². The van der Waals surface area contributed by atoms with E-state index in [-0.39, 0.29) is 6.79 Å². The summed E-state index contributed by atoms with van der Waals surface area (Å²) in [5.74, 6) is 1.49. The Balaban J connectivity index is 2.42. The zero-order valence-corrected chi connectivity index (χ0v) is 8.32. The summed E-state index contributed by atoms with van der Waals surface area (Å²) in [5, 5.41) is 8.71. The van der Waals surface area contributed by atoms with Crippen LogP contribution in [-0.2, 0) is 12.8 Å². The van der Waals surface area contributed by atoms with Crippen LogP contribution in [0.5, 0.6) is 11.5 Å². The minimum absolute atomic E-state index is 0.263. The van der Waals surface area contributed by atoms with E-state index in [2.05, 4.69) is 12.6 Å². The topological polar surface area (TPSA) is 42.2 Å². The number of fused-ring (bicyclic) bond motifs is 1. The third-order valence-electron chi connectivity index (χ3n) is 2.33. The van der Waals surface area contributed by atoms with E-state index in [1.54, 1.807) is 0 Å². The molecule has 0 fully saturated rings. The molecular weight excluding hydrogens is 190 g/mol. The summed E-state index contributed by atoms with van der Waals surface area (Å²) in [4.78, 5) is 0. The molecule has 2 rings (SSSR count).